The van der Waals surface area contributed by atoms with Gasteiger partial charge in [0.1, 0.15) is 21.0 Å². The average Bonchev–Trinajstić information content (AvgIpc) is 3.02. The lowest BCUT2D eigenvalue weighted by Gasteiger charge is -2.07. The molecule has 0 atom stereocenters. The zero-order valence-corrected chi connectivity index (χ0v) is 19.0. The van der Waals surface area contributed by atoms with Gasteiger partial charge in [0.25, 0.3) is 0 Å². The van der Waals surface area contributed by atoms with Crippen molar-refractivity contribution in [2.45, 2.75) is 30.1 Å². The molecular formula is C19H20N2O6S3. The van der Waals surface area contributed by atoms with Gasteiger partial charge in [-0.15, -0.1) is 11.3 Å². The van der Waals surface area contributed by atoms with E-state index >= 15 is 0 Å². The number of hydrogen-bond donors (Lipinski definition) is 1. The normalized spacial score (nSPS) is 10.9. The molecule has 0 unspecified atom stereocenters. The fraction of sp³-hybridized carbons (Fsp3) is 0.316. The van der Waals surface area contributed by atoms with Crippen LogP contribution in [0.25, 0.3) is 0 Å². The lowest BCUT2D eigenvalue weighted by atomic mass is 10.3. The number of hydrogen-bond acceptors (Lipinski definition) is 9. The lowest BCUT2D eigenvalue weighted by Crippen LogP contribution is -2.17. The first-order valence-electron chi connectivity index (χ1n) is 8.76. The minimum absolute atomic E-state index is 0.0911. The van der Waals surface area contributed by atoms with Gasteiger partial charge in [0.05, 0.1) is 29.3 Å². The zero-order valence-electron chi connectivity index (χ0n) is 16.6. The highest BCUT2D eigenvalue weighted by molar-refractivity contribution is 8.04. The summed E-state index contributed by atoms with van der Waals surface area (Å²) in [5.41, 5.74) is 0.533. The van der Waals surface area contributed by atoms with Crippen molar-refractivity contribution in [2.24, 2.45) is 0 Å². The van der Waals surface area contributed by atoms with Gasteiger partial charge in [-0.05, 0) is 55.4 Å². The van der Waals surface area contributed by atoms with Gasteiger partial charge in [0.15, 0.2) is 9.84 Å². The Hall–Kier alpha value is -2.55. The summed E-state index contributed by atoms with van der Waals surface area (Å²) < 4.78 is 34.9. The van der Waals surface area contributed by atoms with E-state index in [2.05, 4.69) is 5.32 Å². The number of methoxy groups -OCH3 is 1. The van der Waals surface area contributed by atoms with Crippen LogP contribution in [-0.2, 0) is 19.4 Å². The van der Waals surface area contributed by atoms with E-state index < -0.39 is 21.7 Å². The summed E-state index contributed by atoms with van der Waals surface area (Å²) in [6.07, 6.45) is -0.281. The molecule has 11 heteroatoms. The average molecular weight is 469 g/mol. The van der Waals surface area contributed by atoms with Crippen molar-refractivity contribution in [1.29, 1.82) is 5.26 Å². The van der Waals surface area contributed by atoms with Crippen LogP contribution in [0.15, 0.2) is 34.1 Å². The van der Waals surface area contributed by atoms with E-state index in [-0.39, 0.29) is 28.6 Å². The maximum absolute atomic E-state index is 12.5. The van der Waals surface area contributed by atoms with Crippen molar-refractivity contribution >= 4 is 49.8 Å². The SMILES string of the molecule is CCOC(=O)c1sc(NC(=O)CCS(=O)(=O)c2ccc(OC)cc2)c(SC#N)c1C. The number of nitrogens with one attached hydrogen (secondary N) is 1. The van der Waals surface area contributed by atoms with Gasteiger partial charge in [-0.2, -0.15) is 5.26 Å². The second-order valence-electron chi connectivity index (χ2n) is 5.92. The van der Waals surface area contributed by atoms with Crippen LogP contribution < -0.4 is 10.1 Å². The van der Waals surface area contributed by atoms with Crippen molar-refractivity contribution in [3.05, 3.63) is 34.7 Å². The first-order valence-corrected chi connectivity index (χ1v) is 12.0. The van der Waals surface area contributed by atoms with Crippen molar-refractivity contribution in [3.63, 3.8) is 0 Å². The van der Waals surface area contributed by atoms with Crippen LogP contribution in [0.5, 0.6) is 5.75 Å². The van der Waals surface area contributed by atoms with Crippen LogP contribution >= 0.6 is 23.1 Å². The minimum Gasteiger partial charge on any atom is -0.497 e. The van der Waals surface area contributed by atoms with Crippen LogP contribution in [-0.4, -0.2) is 39.8 Å². The number of carbonyl (C=O) groups excluding carboxylic acids is 2. The summed E-state index contributed by atoms with van der Waals surface area (Å²) in [6, 6.07) is 5.90. The van der Waals surface area contributed by atoms with E-state index in [1.807, 2.05) is 5.40 Å². The topological polar surface area (TPSA) is 123 Å². The molecule has 0 radical (unpaired) electrons. The molecule has 1 heterocycles. The van der Waals surface area contributed by atoms with Gasteiger partial charge in [-0.25, -0.2) is 13.2 Å². The Balaban J connectivity index is 2.12. The molecule has 0 fully saturated rings. The number of sulfone groups is 1. The first kappa shape index (κ1) is 23.7. The van der Waals surface area contributed by atoms with Crippen LogP contribution in [0, 0.1) is 17.6 Å². The molecule has 1 aromatic heterocycles. The van der Waals surface area contributed by atoms with Crippen LogP contribution in [0.3, 0.4) is 0 Å². The van der Waals surface area contributed by atoms with Crippen LogP contribution in [0.1, 0.15) is 28.6 Å². The minimum atomic E-state index is -3.66. The summed E-state index contributed by atoms with van der Waals surface area (Å²) in [5.74, 6) is -0.938. The number of carbonyl (C=O) groups is 2. The van der Waals surface area contributed by atoms with Gasteiger partial charge in [-0.3, -0.25) is 4.79 Å². The number of nitrogens with zero attached hydrogens (tertiary/aromatic N) is 1. The first-order chi connectivity index (χ1) is 14.2. The summed E-state index contributed by atoms with van der Waals surface area (Å²) >= 11 is 1.81. The summed E-state index contributed by atoms with van der Waals surface area (Å²) in [4.78, 5) is 25.3. The third-order valence-electron chi connectivity index (χ3n) is 3.97. The Kier molecular flexibility index (Phi) is 8.28. The third-order valence-corrected chi connectivity index (χ3v) is 7.82. The number of thiophene rings is 1. The Bertz CT molecular complexity index is 1070. The van der Waals surface area contributed by atoms with Crippen molar-refractivity contribution in [1.82, 2.24) is 0 Å². The van der Waals surface area contributed by atoms with Gasteiger partial charge < -0.3 is 14.8 Å². The molecule has 1 amide bonds. The predicted molar refractivity (Wildman–Crippen MR) is 115 cm³/mol. The number of rotatable bonds is 9. The molecule has 2 aromatic rings. The number of benzene rings is 1. The molecule has 160 valence electrons. The summed E-state index contributed by atoms with van der Waals surface area (Å²) in [6.45, 7) is 3.53. The Morgan fingerprint density at radius 3 is 2.50 bits per heavy atom. The Morgan fingerprint density at radius 2 is 1.93 bits per heavy atom. The molecule has 0 saturated heterocycles. The maximum Gasteiger partial charge on any atom is 0.348 e. The van der Waals surface area contributed by atoms with Gasteiger partial charge >= 0.3 is 5.97 Å². The van der Waals surface area contributed by atoms with E-state index in [1.165, 1.54) is 31.4 Å². The molecule has 0 spiro atoms. The Labute approximate surface area is 183 Å². The van der Waals surface area contributed by atoms with Gasteiger partial charge in [-0.1, -0.05) is 0 Å². The highest BCUT2D eigenvalue weighted by Gasteiger charge is 2.23. The zero-order chi connectivity index (χ0) is 22.3. The van der Waals surface area contributed by atoms with Crippen LogP contribution in [0.4, 0.5) is 5.00 Å². The number of ether oxygens (including phenoxy) is 2. The molecule has 0 aliphatic rings. The van der Waals surface area contributed by atoms with Gasteiger partial charge in [0, 0.05) is 6.42 Å². The fourth-order valence-corrected chi connectivity index (χ4v) is 5.52. The molecule has 1 aromatic carbocycles. The third kappa shape index (κ3) is 5.75. The second-order valence-corrected chi connectivity index (χ2v) is 9.85. The van der Waals surface area contributed by atoms with E-state index in [0.717, 1.165) is 23.1 Å². The lowest BCUT2D eigenvalue weighted by molar-refractivity contribution is -0.115. The monoisotopic (exact) mass is 468 g/mol. The highest BCUT2D eigenvalue weighted by atomic mass is 32.2. The van der Waals surface area contributed by atoms with E-state index in [0.29, 0.717) is 21.2 Å². The maximum atomic E-state index is 12.5. The fourth-order valence-electron chi connectivity index (χ4n) is 2.46. The molecule has 8 nitrogen and oxygen atoms in total. The van der Waals surface area contributed by atoms with E-state index in [9.17, 15) is 18.0 Å². The molecule has 0 aliphatic heterocycles. The van der Waals surface area contributed by atoms with Crippen LogP contribution in [0.2, 0.25) is 0 Å². The predicted octanol–water partition coefficient (Wildman–Crippen LogP) is 3.62. The van der Waals surface area contributed by atoms with Crippen molar-refractivity contribution < 1.29 is 27.5 Å². The summed E-state index contributed by atoms with van der Waals surface area (Å²) in [5, 5.41) is 13.9. The highest BCUT2D eigenvalue weighted by Crippen LogP contribution is 2.40. The molecule has 0 bridgehead atoms. The molecular weight excluding hydrogens is 448 g/mol. The molecule has 30 heavy (non-hydrogen) atoms. The number of thioether (sulfide) groups is 1. The van der Waals surface area contributed by atoms with Crippen molar-refractivity contribution in [3.8, 4) is 11.2 Å². The smallest absolute Gasteiger partial charge is 0.348 e. The van der Waals surface area contributed by atoms with E-state index in [1.54, 1.807) is 13.8 Å². The van der Waals surface area contributed by atoms with E-state index in [4.69, 9.17) is 14.7 Å². The molecule has 0 saturated carbocycles. The molecule has 0 aliphatic carbocycles. The quantitative estimate of drug-likeness (QED) is 0.336. The van der Waals surface area contributed by atoms with Gasteiger partial charge in [0.2, 0.25) is 5.91 Å². The number of thiocyanates is 1. The Morgan fingerprint density at radius 1 is 1.27 bits per heavy atom. The summed E-state index contributed by atoms with van der Waals surface area (Å²) in [7, 11) is -2.18. The molecule has 1 N–H and O–H groups in total. The number of anilines is 1. The number of nitriles is 1. The van der Waals surface area contributed by atoms with Crippen molar-refractivity contribution in [2.75, 3.05) is 24.8 Å². The number of esters is 1. The second kappa shape index (κ2) is 10.5. The standard InChI is InChI=1S/C19H20N2O6S3/c1-4-27-19(23)17-12(2)16(28-11-20)18(29-17)21-15(22)9-10-30(24,25)14-7-5-13(26-3)6-8-14/h5-8H,4,9-10H2,1-3H3,(H,21,22). The molecule has 2 rings (SSSR count). The largest absolute Gasteiger partial charge is 0.497 e. The number of amides is 1.